The lowest BCUT2D eigenvalue weighted by molar-refractivity contribution is 0.411. The van der Waals surface area contributed by atoms with Crippen molar-refractivity contribution in [2.45, 2.75) is 0 Å². The van der Waals surface area contributed by atoms with E-state index in [9.17, 15) is 0 Å². The van der Waals surface area contributed by atoms with Crippen LogP contribution in [0.25, 0.3) is 11.1 Å². The minimum absolute atomic E-state index is 0.784. The van der Waals surface area contributed by atoms with Gasteiger partial charge in [0.15, 0.2) is 0 Å². The summed E-state index contributed by atoms with van der Waals surface area (Å²) in [5, 5.41) is 0. The number of para-hydroxylation sites is 1. The van der Waals surface area contributed by atoms with Gasteiger partial charge in [0.1, 0.15) is 17.2 Å². The topological polar surface area (TPSA) is 18.5 Å². The average Bonchev–Trinajstić information content (AvgIpc) is 2.56. The second-order valence-electron chi connectivity index (χ2n) is 4.61. The fourth-order valence-electron chi connectivity index (χ4n) is 2.27. The molecule has 0 amide bonds. The summed E-state index contributed by atoms with van der Waals surface area (Å²) in [6, 6.07) is 25.7. The van der Waals surface area contributed by atoms with E-state index in [4.69, 9.17) is 9.47 Å². The fraction of sp³-hybridized carbons (Fsp3) is 0.0526. The molecule has 0 heterocycles. The van der Waals surface area contributed by atoms with Crippen LogP contribution < -0.4 is 9.47 Å². The number of hydrogen-bond donors (Lipinski definition) is 0. The highest BCUT2D eigenvalue weighted by Crippen LogP contribution is 2.40. The third-order valence-corrected chi connectivity index (χ3v) is 3.24. The summed E-state index contributed by atoms with van der Waals surface area (Å²) in [6.45, 7) is 0. The third kappa shape index (κ3) is 2.90. The molecule has 21 heavy (non-hydrogen) atoms. The maximum absolute atomic E-state index is 6.03. The molecule has 0 fully saturated rings. The van der Waals surface area contributed by atoms with Crippen molar-refractivity contribution in [2.75, 3.05) is 7.11 Å². The second-order valence-corrected chi connectivity index (χ2v) is 4.61. The highest BCUT2D eigenvalue weighted by atomic mass is 16.5. The Morgan fingerprint density at radius 1 is 0.619 bits per heavy atom. The standard InChI is InChI=1S/C19H16O2/c1-20-17-13-8-14-18(21-16-11-6-3-7-12-16)19(17)15-9-4-2-5-10-15/h2-14H,1H3. The molecule has 2 heteroatoms. The molecule has 0 atom stereocenters. The first-order chi connectivity index (χ1) is 10.4. The summed E-state index contributed by atoms with van der Waals surface area (Å²) in [5.74, 6) is 2.39. The molecule has 3 aromatic rings. The van der Waals surface area contributed by atoms with Crippen LogP contribution in [-0.4, -0.2) is 7.11 Å². The van der Waals surface area contributed by atoms with Gasteiger partial charge in [-0.05, 0) is 29.8 Å². The highest BCUT2D eigenvalue weighted by molar-refractivity contribution is 5.77. The van der Waals surface area contributed by atoms with Crippen molar-refractivity contribution in [3.8, 4) is 28.4 Å². The number of hydrogen-bond acceptors (Lipinski definition) is 2. The van der Waals surface area contributed by atoms with E-state index in [2.05, 4.69) is 12.1 Å². The van der Waals surface area contributed by atoms with Crippen molar-refractivity contribution >= 4 is 0 Å². The third-order valence-electron chi connectivity index (χ3n) is 3.24. The quantitative estimate of drug-likeness (QED) is 0.655. The van der Waals surface area contributed by atoms with Gasteiger partial charge in [0.2, 0.25) is 0 Å². The van der Waals surface area contributed by atoms with Crippen molar-refractivity contribution in [3.05, 3.63) is 78.9 Å². The first kappa shape index (κ1) is 13.3. The van der Waals surface area contributed by atoms with E-state index in [1.807, 2.05) is 66.7 Å². The number of benzene rings is 3. The van der Waals surface area contributed by atoms with E-state index in [-0.39, 0.29) is 0 Å². The van der Waals surface area contributed by atoms with Crippen LogP contribution >= 0.6 is 0 Å². The number of ether oxygens (including phenoxy) is 2. The zero-order valence-corrected chi connectivity index (χ0v) is 11.8. The van der Waals surface area contributed by atoms with Gasteiger partial charge in [-0.15, -0.1) is 0 Å². The molecule has 0 aliphatic rings. The molecular formula is C19H16O2. The Bertz CT molecular complexity index is 706. The Kier molecular flexibility index (Phi) is 3.88. The van der Waals surface area contributed by atoms with Crippen LogP contribution in [0.5, 0.6) is 17.2 Å². The van der Waals surface area contributed by atoms with Crippen LogP contribution in [0, 0.1) is 0 Å². The van der Waals surface area contributed by atoms with Gasteiger partial charge in [0, 0.05) is 0 Å². The largest absolute Gasteiger partial charge is 0.496 e. The summed E-state index contributed by atoms with van der Waals surface area (Å²) in [7, 11) is 1.67. The summed E-state index contributed by atoms with van der Waals surface area (Å²) in [4.78, 5) is 0. The van der Waals surface area contributed by atoms with E-state index in [0.29, 0.717) is 0 Å². The average molecular weight is 276 g/mol. The van der Waals surface area contributed by atoms with Crippen LogP contribution in [0.15, 0.2) is 78.9 Å². The molecule has 0 unspecified atom stereocenters. The van der Waals surface area contributed by atoms with Crippen LogP contribution in [0.4, 0.5) is 0 Å². The minimum atomic E-state index is 0.784. The fourth-order valence-corrected chi connectivity index (χ4v) is 2.27. The second kappa shape index (κ2) is 6.14. The highest BCUT2D eigenvalue weighted by Gasteiger charge is 2.13. The Morgan fingerprint density at radius 2 is 1.24 bits per heavy atom. The first-order valence-corrected chi connectivity index (χ1v) is 6.84. The summed E-state index contributed by atoms with van der Waals surface area (Å²) < 4.78 is 11.5. The molecule has 0 N–H and O–H groups in total. The molecule has 3 aromatic carbocycles. The van der Waals surface area contributed by atoms with Gasteiger partial charge < -0.3 is 9.47 Å². The molecule has 0 saturated heterocycles. The smallest absolute Gasteiger partial charge is 0.138 e. The maximum Gasteiger partial charge on any atom is 0.138 e. The zero-order valence-electron chi connectivity index (χ0n) is 11.8. The lowest BCUT2D eigenvalue weighted by atomic mass is 10.0. The summed E-state index contributed by atoms with van der Waals surface area (Å²) in [5.41, 5.74) is 2.03. The van der Waals surface area contributed by atoms with Crippen LogP contribution in [-0.2, 0) is 0 Å². The predicted octanol–water partition coefficient (Wildman–Crippen LogP) is 5.15. The lowest BCUT2D eigenvalue weighted by Gasteiger charge is -2.14. The van der Waals surface area contributed by atoms with Crippen molar-refractivity contribution in [1.82, 2.24) is 0 Å². The van der Waals surface area contributed by atoms with E-state index in [1.165, 1.54) is 0 Å². The molecule has 0 bridgehead atoms. The molecule has 0 radical (unpaired) electrons. The van der Waals surface area contributed by atoms with Gasteiger partial charge >= 0.3 is 0 Å². The van der Waals surface area contributed by atoms with E-state index >= 15 is 0 Å². The molecular weight excluding hydrogens is 260 g/mol. The molecule has 0 aromatic heterocycles. The van der Waals surface area contributed by atoms with Crippen molar-refractivity contribution < 1.29 is 9.47 Å². The zero-order chi connectivity index (χ0) is 14.5. The molecule has 0 aliphatic heterocycles. The van der Waals surface area contributed by atoms with Gasteiger partial charge in [0.25, 0.3) is 0 Å². The molecule has 3 rings (SSSR count). The number of methoxy groups -OCH3 is 1. The maximum atomic E-state index is 6.03. The lowest BCUT2D eigenvalue weighted by Crippen LogP contribution is -1.92. The summed E-state index contributed by atoms with van der Waals surface area (Å²) >= 11 is 0. The molecule has 2 nitrogen and oxygen atoms in total. The normalized spacial score (nSPS) is 10.1. The van der Waals surface area contributed by atoms with Crippen LogP contribution in [0.1, 0.15) is 0 Å². The Hall–Kier alpha value is -2.74. The Labute approximate surface area is 124 Å². The van der Waals surface area contributed by atoms with E-state index < -0.39 is 0 Å². The summed E-state index contributed by atoms with van der Waals surface area (Å²) in [6.07, 6.45) is 0. The molecule has 0 aliphatic carbocycles. The van der Waals surface area contributed by atoms with Gasteiger partial charge in [-0.3, -0.25) is 0 Å². The van der Waals surface area contributed by atoms with Crippen molar-refractivity contribution in [1.29, 1.82) is 0 Å². The van der Waals surface area contributed by atoms with Gasteiger partial charge in [0.05, 0.1) is 12.7 Å². The first-order valence-electron chi connectivity index (χ1n) is 6.84. The predicted molar refractivity (Wildman–Crippen MR) is 84.9 cm³/mol. The molecule has 104 valence electrons. The van der Waals surface area contributed by atoms with Crippen molar-refractivity contribution in [3.63, 3.8) is 0 Å². The van der Waals surface area contributed by atoms with Gasteiger partial charge in [-0.1, -0.05) is 54.6 Å². The van der Waals surface area contributed by atoms with E-state index in [1.54, 1.807) is 7.11 Å². The molecule has 0 spiro atoms. The van der Waals surface area contributed by atoms with E-state index in [0.717, 1.165) is 28.4 Å². The Balaban J connectivity index is 2.08. The Morgan fingerprint density at radius 3 is 1.90 bits per heavy atom. The van der Waals surface area contributed by atoms with Crippen molar-refractivity contribution in [2.24, 2.45) is 0 Å². The van der Waals surface area contributed by atoms with Gasteiger partial charge in [-0.2, -0.15) is 0 Å². The van der Waals surface area contributed by atoms with Crippen LogP contribution in [0.2, 0.25) is 0 Å². The minimum Gasteiger partial charge on any atom is -0.496 e. The monoisotopic (exact) mass is 276 g/mol. The van der Waals surface area contributed by atoms with Gasteiger partial charge in [-0.25, -0.2) is 0 Å². The molecule has 0 saturated carbocycles. The van der Waals surface area contributed by atoms with Crippen LogP contribution in [0.3, 0.4) is 0 Å². The number of rotatable bonds is 4. The SMILES string of the molecule is COc1cccc(Oc2ccccc2)c1-c1ccccc1.